The minimum atomic E-state index is -3.50. The SMILES string of the molecule is Cc1ncc(CNS(=O)(=O)c2cc(CO)cs2)s1. The van der Waals surface area contributed by atoms with Crippen molar-refractivity contribution in [2.45, 2.75) is 24.3 Å². The van der Waals surface area contributed by atoms with Crippen molar-refractivity contribution >= 4 is 32.7 Å². The number of hydrogen-bond donors (Lipinski definition) is 2. The van der Waals surface area contributed by atoms with E-state index in [0.717, 1.165) is 21.2 Å². The van der Waals surface area contributed by atoms with E-state index in [4.69, 9.17) is 5.11 Å². The lowest BCUT2D eigenvalue weighted by molar-refractivity contribution is 0.282. The third-order valence-electron chi connectivity index (χ3n) is 2.18. The number of nitrogens with one attached hydrogen (secondary N) is 1. The van der Waals surface area contributed by atoms with Crippen LogP contribution in [0.15, 0.2) is 21.9 Å². The highest BCUT2D eigenvalue weighted by Gasteiger charge is 2.16. The van der Waals surface area contributed by atoms with E-state index in [0.29, 0.717) is 5.56 Å². The fourth-order valence-electron chi connectivity index (χ4n) is 1.30. The Morgan fingerprint density at radius 2 is 2.28 bits per heavy atom. The number of aliphatic hydroxyl groups is 1. The average molecular weight is 304 g/mol. The maximum Gasteiger partial charge on any atom is 0.250 e. The number of rotatable bonds is 5. The van der Waals surface area contributed by atoms with Gasteiger partial charge in [0.05, 0.1) is 11.6 Å². The van der Waals surface area contributed by atoms with Crippen molar-refractivity contribution in [2.75, 3.05) is 0 Å². The largest absolute Gasteiger partial charge is 0.392 e. The Balaban J connectivity index is 2.07. The first-order valence-electron chi connectivity index (χ1n) is 5.10. The summed E-state index contributed by atoms with van der Waals surface area (Å²) in [6.07, 6.45) is 1.66. The summed E-state index contributed by atoms with van der Waals surface area (Å²) in [7, 11) is -3.50. The van der Waals surface area contributed by atoms with Gasteiger partial charge in [-0.3, -0.25) is 0 Å². The van der Waals surface area contributed by atoms with Gasteiger partial charge in [0.15, 0.2) is 0 Å². The standard InChI is InChI=1S/C10H12N2O3S3/c1-7-11-3-9(17-7)4-12-18(14,15)10-2-8(5-13)6-16-10/h2-3,6,12-13H,4-5H2,1H3. The van der Waals surface area contributed by atoms with E-state index in [2.05, 4.69) is 9.71 Å². The first-order chi connectivity index (χ1) is 8.51. The number of nitrogens with zero attached hydrogens (tertiary/aromatic N) is 1. The van der Waals surface area contributed by atoms with E-state index in [9.17, 15) is 8.42 Å². The Morgan fingerprint density at radius 3 is 2.83 bits per heavy atom. The Hall–Kier alpha value is -0.800. The van der Waals surface area contributed by atoms with Crippen LogP contribution in [0.1, 0.15) is 15.4 Å². The van der Waals surface area contributed by atoms with Gasteiger partial charge in [0.2, 0.25) is 10.0 Å². The lowest BCUT2D eigenvalue weighted by Crippen LogP contribution is -2.21. The molecule has 98 valence electrons. The highest BCUT2D eigenvalue weighted by molar-refractivity contribution is 7.91. The molecule has 18 heavy (non-hydrogen) atoms. The maximum absolute atomic E-state index is 11.9. The number of aliphatic hydroxyl groups excluding tert-OH is 1. The zero-order valence-corrected chi connectivity index (χ0v) is 12.0. The Kier molecular flexibility index (Phi) is 4.13. The van der Waals surface area contributed by atoms with Crippen molar-refractivity contribution in [3.05, 3.63) is 33.1 Å². The predicted octanol–water partition coefficient (Wildman–Crippen LogP) is 1.48. The summed E-state index contributed by atoms with van der Waals surface area (Å²) in [5.74, 6) is 0. The van der Waals surface area contributed by atoms with Crippen molar-refractivity contribution < 1.29 is 13.5 Å². The molecule has 2 aromatic heterocycles. The molecular weight excluding hydrogens is 292 g/mol. The van der Waals surface area contributed by atoms with Crippen LogP contribution in [0.2, 0.25) is 0 Å². The van der Waals surface area contributed by atoms with E-state index in [-0.39, 0.29) is 17.4 Å². The summed E-state index contributed by atoms with van der Waals surface area (Å²) in [5.41, 5.74) is 0.606. The molecule has 0 saturated carbocycles. The Morgan fingerprint density at radius 1 is 1.50 bits per heavy atom. The Bertz CT molecular complexity index is 630. The third-order valence-corrected chi connectivity index (χ3v) is 5.99. The van der Waals surface area contributed by atoms with E-state index in [1.807, 2.05) is 6.92 Å². The number of hydrogen-bond acceptors (Lipinski definition) is 6. The number of thiazole rings is 1. The van der Waals surface area contributed by atoms with E-state index in [1.54, 1.807) is 11.6 Å². The van der Waals surface area contributed by atoms with Crippen molar-refractivity contribution in [1.29, 1.82) is 0 Å². The van der Waals surface area contributed by atoms with Crippen molar-refractivity contribution in [2.24, 2.45) is 0 Å². The summed E-state index contributed by atoms with van der Waals surface area (Å²) in [6, 6.07) is 1.48. The van der Waals surface area contributed by atoms with Crippen LogP contribution in [-0.2, 0) is 23.2 Å². The fraction of sp³-hybridized carbons (Fsp3) is 0.300. The summed E-state index contributed by atoms with van der Waals surface area (Å²) in [4.78, 5) is 4.93. The minimum absolute atomic E-state index is 0.153. The van der Waals surface area contributed by atoms with Crippen LogP contribution < -0.4 is 4.72 Å². The van der Waals surface area contributed by atoms with Crippen LogP contribution in [0.4, 0.5) is 0 Å². The van der Waals surface area contributed by atoms with E-state index < -0.39 is 10.0 Å². The van der Waals surface area contributed by atoms with Gasteiger partial charge >= 0.3 is 0 Å². The molecule has 0 bridgehead atoms. The van der Waals surface area contributed by atoms with Gasteiger partial charge in [0.25, 0.3) is 0 Å². The van der Waals surface area contributed by atoms with Gasteiger partial charge in [-0.15, -0.1) is 22.7 Å². The zero-order chi connectivity index (χ0) is 13.2. The molecule has 2 heterocycles. The molecule has 0 aliphatic carbocycles. The summed E-state index contributed by atoms with van der Waals surface area (Å²) < 4.78 is 26.6. The van der Waals surface area contributed by atoms with Crippen LogP contribution in [-0.4, -0.2) is 18.5 Å². The monoisotopic (exact) mass is 304 g/mol. The summed E-state index contributed by atoms with van der Waals surface area (Å²) in [6.45, 7) is 1.95. The maximum atomic E-state index is 11.9. The van der Waals surface area contributed by atoms with E-state index in [1.165, 1.54) is 17.4 Å². The van der Waals surface area contributed by atoms with Crippen molar-refractivity contribution in [1.82, 2.24) is 9.71 Å². The molecule has 0 atom stereocenters. The molecule has 8 heteroatoms. The molecule has 0 spiro atoms. The first kappa shape index (κ1) is 13.6. The molecule has 5 nitrogen and oxygen atoms in total. The van der Waals surface area contributed by atoms with Gasteiger partial charge in [-0.05, 0) is 23.9 Å². The molecule has 0 aromatic carbocycles. The highest BCUT2D eigenvalue weighted by atomic mass is 32.2. The molecule has 2 N–H and O–H groups in total. The van der Waals surface area contributed by atoms with Gasteiger partial charge in [-0.2, -0.15) is 0 Å². The second-order valence-corrected chi connectivity index (χ2v) is 7.83. The number of sulfonamides is 1. The van der Waals surface area contributed by atoms with Crippen LogP contribution in [0, 0.1) is 6.92 Å². The van der Waals surface area contributed by atoms with Gasteiger partial charge in [-0.1, -0.05) is 0 Å². The zero-order valence-electron chi connectivity index (χ0n) is 9.58. The summed E-state index contributed by atoms with van der Waals surface area (Å²) >= 11 is 2.56. The molecule has 0 radical (unpaired) electrons. The molecule has 0 fully saturated rings. The molecule has 0 unspecified atom stereocenters. The van der Waals surface area contributed by atoms with Crippen LogP contribution in [0.5, 0.6) is 0 Å². The van der Waals surface area contributed by atoms with Crippen LogP contribution in [0.3, 0.4) is 0 Å². The molecule has 2 aromatic rings. The molecule has 0 saturated heterocycles. The number of aromatic nitrogens is 1. The minimum Gasteiger partial charge on any atom is -0.392 e. The van der Waals surface area contributed by atoms with Gasteiger partial charge in [0, 0.05) is 17.6 Å². The topological polar surface area (TPSA) is 79.3 Å². The van der Waals surface area contributed by atoms with Crippen molar-refractivity contribution in [3.63, 3.8) is 0 Å². The lowest BCUT2D eigenvalue weighted by atomic mass is 10.4. The van der Waals surface area contributed by atoms with Gasteiger partial charge in [0.1, 0.15) is 4.21 Å². The normalized spacial score (nSPS) is 11.9. The van der Waals surface area contributed by atoms with Gasteiger partial charge < -0.3 is 5.11 Å². The highest BCUT2D eigenvalue weighted by Crippen LogP contribution is 2.20. The molecule has 2 rings (SSSR count). The summed E-state index contributed by atoms with van der Waals surface area (Å²) in [5, 5.41) is 11.4. The number of thiophene rings is 1. The predicted molar refractivity (Wildman–Crippen MR) is 71.1 cm³/mol. The second kappa shape index (κ2) is 5.45. The van der Waals surface area contributed by atoms with Gasteiger partial charge in [-0.25, -0.2) is 18.1 Å². The molecule has 0 amide bonds. The Labute approximate surface area is 113 Å². The quantitative estimate of drug-likeness (QED) is 0.877. The van der Waals surface area contributed by atoms with E-state index >= 15 is 0 Å². The first-order valence-corrected chi connectivity index (χ1v) is 8.28. The van der Waals surface area contributed by atoms with Crippen LogP contribution in [0.25, 0.3) is 0 Å². The molecular formula is C10H12N2O3S3. The lowest BCUT2D eigenvalue weighted by Gasteiger charge is -2.02. The molecule has 0 aliphatic heterocycles. The average Bonchev–Trinajstić information content (AvgIpc) is 2.95. The number of aryl methyl sites for hydroxylation is 1. The third kappa shape index (κ3) is 3.15. The second-order valence-electron chi connectivity index (χ2n) is 3.60. The van der Waals surface area contributed by atoms with Crippen molar-refractivity contribution in [3.8, 4) is 0 Å². The molecule has 0 aliphatic rings. The fourth-order valence-corrected chi connectivity index (χ4v) is 4.38. The van der Waals surface area contributed by atoms with Crippen LogP contribution >= 0.6 is 22.7 Å². The smallest absolute Gasteiger partial charge is 0.250 e.